The average Bonchev–Trinajstić information content (AvgIpc) is 2.29. The number of alkyl halides is 2. The summed E-state index contributed by atoms with van der Waals surface area (Å²) in [6, 6.07) is 0.817. The van der Waals surface area contributed by atoms with Crippen molar-refractivity contribution in [1.82, 2.24) is 4.98 Å². The smallest absolute Gasteiger partial charge is 0.339 e. The number of hydrogen-bond acceptors (Lipinski definition) is 4. The van der Waals surface area contributed by atoms with Gasteiger partial charge in [0.25, 0.3) is 6.43 Å². The molecule has 0 amide bonds. The van der Waals surface area contributed by atoms with E-state index >= 15 is 0 Å². The Kier molecular flexibility index (Phi) is 5.37. The predicted molar refractivity (Wildman–Crippen MR) is 56.5 cm³/mol. The molecule has 0 bridgehead atoms. The fourth-order valence-corrected chi connectivity index (χ4v) is 1.16. The lowest BCUT2D eigenvalue weighted by Gasteiger charge is -2.08. The van der Waals surface area contributed by atoms with Crippen molar-refractivity contribution in [3.8, 4) is 0 Å². The number of halogens is 3. The number of anilines is 1. The maximum atomic E-state index is 12.8. The Labute approximate surface area is 101 Å². The molecular weight excluding hydrogens is 253 g/mol. The van der Waals surface area contributed by atoms with Crippen LogP contribution < -0.4 is 5.32 Å². The molecular formula is C10H11F3N2O3. The molecule has 1 aromatic heterocycles. The van der Waals surface area contributed by atoms with Crippen LogP contribution in [0.4, 0.5) is 19.0 Å². The molecule has 0 saturated heterocycles. The van der Waals surface area contributed by atoms with Crippen molar-refractivity contribution in [3.63, 3.8) is 0 Å². The van der Waals surface area contributed by atoms with Crippen molar-refractivity contribution in [2.45, 2.75) is 6.43 Å². The zero-order valence-electron chi connectivity index (χ0n) is 9.20. The van der Waals surface area contributed by atoms with E-state index in [0.29, 0.717) is 0 Å². The number of carboxylic acid groups (broad SMARTS) is 1. The number of nitrogens with one attached hydrogen (secondary N) is 1. The number of rotatable bonds is 7. The second kappa shape index (κ2) is 6.80. The van der Waals surface area contributed by atoms with Crippen LogP contribution in [0.3, 0.4) is 0 Å². The van der Waals surface area contributed by atoms with Crippen LogP contribution in [0.2, 0.25) is 0 Å². The maximum Gasteiger partial charge on any atom is 0.339 e. The molecule has 1 aromatic rings. The minimum absolute atomic E-state index is 0.0375. The molecule has 0 aliphatic carbocycles. The van der Waals surface area contributed by atoms with E-state index < -0.39 is 24.8 Å². The highest BCUT2D eigenvalue weighted by atomic mass is 19.3. The molecule has 8 heteroatoms. The topological polar surface area (TPSA) is 71.5 Å². The van der Waals surface area contributed by atoms with Gasteiger partial charge in [0.05, 0.1) is 12.8 Å². The summed E-state index contributed by atoms with van der Waals surface area (Å²) in [6.45, 7) is -0.640. The lowest BCUT2D eigenvalue weighted by molar-refractivity contribution is 0.0215. The number of hydrogen-bond donors (Lipinski definition) is 2. The molecule has 0 aliphatic heterocycles. The highest BCUT2D eigenvalue weighted by Gasteiger charge is 2.12. The zero-order valence-corrected chi connectivity index (χ0v) is 9.20. The van der Waals surface area contributed by atoms with Crippen molar-refractivity contribution in [2.24, 2.45) is 0 Å². The Morgan fingerprint density at radius 3 is 2.89 bits per heavy atom. The summed E-state index contributed by atoms with van der Waals surface area (Å²) in [5.41, 5.74) is -0.330. The van der Waals surface area contributed by atoms with Crippen LogP contribution in [0.5, 0.6) is 0 Å². The number of aromatic carboxylic acids is 1. The van der Waals surface area contributed by atoms with Crippen LogP contribution in [0, 0.1) is 5.82 Å². The number of aromatic nitrogens is 1. The zero-order chi connectivity index (χ0) is 13.5. The van der Waals surface area contributed by atoms with Gasteiger partial charge in [-0.2, -0.15) is 0 Å². The summed E-state index contributed by atoms with van der Waals surface area (Å²) in [4.78, 5) is 14.3. The number of ether oxygens (including phenoxy) is 1. The lowest BCUT2D eigenvalue weighted by Crippen LogP contribution is -2.16. The van der Waals surface area contributed by atoms with E-state index in [9.17, 15) is 18.0 Å². The largest absolute Gasteiger partial charge is 0.478 e. The van der Waals surface area contributed by atoms with Crippen LogP contribution in [0.1, 0.15) is 10.4 Å². The molecule has 0 fully saturated rings. The summed E-state index contributed by atoms with van der Waals surface area (Å²) in [5.74, 6) is -2.14. The van der Waals surface area contributed by atoms with Gasteiger partial charge in [0.2, 0.25) is 0 Å². The Hall–Kier alpha value is -1.83. The van der Waals surface area contributed by atoms with Gasteiger partial charge in [-0.3, -0.25) is 0 Å². The molecule has 0 atom stereocenters. The van der Waals surface area contributed by atoms with E-state index in [1.807, 2.05) is 0 Å². The third-order valence-corrected chi connectivity index (χ3v) is 1.87. The number of carboxylic acids is 1. The quantitative estimate of drug-likeness (QED) is 0.732. The molecule has 1 rings (SSSR count). The van der Waals surface area contributed by atoms with Crippen molar-refractivity contribution in [3.05, 3.63) is 23.6 Å². The van der Waals surface area contributed by atoms with Gasteiger partial charge in [-0.05, 0) is 6.07 Å². The third-order valence-electron chi connectivity index (χ3n) is 1.87. The maximum absolute atomic E-state index is 12.8. The molecule has 5 nitrogen and oxygen atoms in total. The van der Waals surface area contributed by atoms with Crippen LogP contribution in [0.15, 0.2) is 12.3 Å². The van der Waals surface area contributed by atoms with E-state index in [2.05, 4.69) is 15.0 Å². The van der Waals surface area contributed by atoms with Gasteiger partial charge in [0.1, 0.15) is 23.8 Å². The molecule has 1 heterocycles. The minimum Gasteiger partial charge on any atom is -0.478 e. The molecule has 0 spiro atoms. The standard InChI is InChI=1S/C10H11F3N2O3/c11-6-3-7(10(16)17)9(15-4-6)14-1-2-18-5-8(12)13/h3-4,8H,1-2,5H2,(H,14,15)(H,16,17). The highest BCUT2D eigenvalue weighted by Crippen LogP contribution is 2.13. The SMILES string of the molecule is O=C(O)c1cc(F)cnc1NCCOCC(F)F. The van der Waals surface area contributed by atoms with Crippen LogP contribution in [-0.2, 0) is 4.74 Å². The van der Waals surface area contributed by atoms with Crippen LogP contribution in [0.25, 0.3) is 0 Å². The van der Waals surface area contributed by atoms with Gasteiger partial charge in [-0.1, -0.05) is 0 Å². The molecule has 0 saturated carbocycles. The first-order chi connectivity index (χ1) is 8.50. The molecule has 0 aliphatic rings. The number of carbonyl (C=O) groups is 1. The van der Waals surface area contributed by atoms with Crippen molar-refractivity contribution in [2.75, 3.05) is 25.1 Å². The second-order valence-corrected chi connectivity index (χ2v) is 3.25. The van der Waals surface area contributed by atoms with Crippen molar-refractivity contribution in [1.29, 1.82) is 0 Å². The Morgan fingerprint density at radius 1 is 1.56 bits per heavy atom. The average molecular weight is 264 g/mol. The first-order valence-corrected chi connectivity index (χ1v) is 4.99. The van der Waals surface area contributed by atoms with E-state index in [0.717, 1.165) is 12.3 Å². The number of nitrogens with zero attached hydrogens (tertiary/aromatic N) is 1. The Balaban J connectivity index is 2.49. The molecule has 0 unspecified atom stereocenters. The molecule has 100 valence electrons. The van der Waals surface area contributed by atoms with E-state index in [4.69, 9.17) is 5.11 Å². The first-order valence-electron chi connectivity index (χ1n) is 4.99. The van der Waals surface area contributed by atoms with Gasteiger partial charge in [-0.25, -0.2) is 22.9 Å². The second-order valence-electron chi connectivity index (χ2n) is 3.25. The summed E-state index contributed by atoms with van der Waals surface area (Å²) in [6.07, 6.45) is -1.70. The van der Waals surface area contributed by atoms with E-state index in [1.165, 1.54) is 0 Å². The van der Waals surface area contributed by atoms with Crippen molar-refractivity contribution >= 4 is 11.8 Å². The van der Waals surface area contributed by atoms with Gasteiger partial charge in [0.15, 0.2) is 0 Å². The molecule has 0 aromatic carbocycles. The fourth-order valence-electron chi connectivity index (χ4n) is 1.16. The van der Waals surface area contributed by atoms with Crippen molar-refractivity contribution < 1.29 is 27.8 Å². The molecule has 18 heavy (non-hydrogen) atoms. The monoisotopic (exact) mass is 264 g/mol. The summed E-state index contributed by atoms with van der Waals surface area (Å²) in [5, 5.41) is 11.4. The van der Waals surface area contributed by atoms with Crippen LogP contribution >= 0.6 is 0 Å². The fraction of sp³-hybridized carbons (Fsp3) is 0.400. The van der Waals surface area contributed by atoms with Gasteiger partial charge in [0, 0.05) is 6.54 Å². The normalized spacial score (nSPS) is 10.7. The lowest BCUT2D eigenvalue weighted by atomic mass is 10.2. The van der Waals surface area contributed by atoms with Gasteiger partial charge < -0.3 is 15.2 Å². The van der Waals surface area contributed by atoms with E-state index in [1.54, 1.807) is 0 Å². The Bertz CT molecular complexity index is 415. The predicted octanol–water partition coefficient (Wildman–Crippen LogP) is 1.61. The molecule has 2 N–H and O–H groups in total. The number of pyridine rings is 1. The minimum atomic E-state index is -2.55. The first kappa shape index (κ1) is 14.2. The van der Waals surface area contributed by atoms with E-state index in [-0.39, 0.29) is 24.5 Å². The van der Waals surface area contributed by atoms with Crippen LogP contribution in [-0.4, -0.2) is 42.2 Å². The van der Waals surface area contributed by atoms with Gasteiger partial charge >= 0.3 is 5.97 Å². The van der Waals surface area contributed by atoms with Gasteiger partial charge in [-0.15, -0.1) is 0 Å². The summed E-state index contributed by atoms with van der Waals surface area (Å²) < 4.78 is 40.8. The Morgan fingerprint density at radius 2 is 2.28 bits per heavy atom. The summed E-state index contributed by atoms with van der Waals surface area (Å²) >= 11 is 0. The molecule has 0 radical (unpaired) electrons. The summed E-state index contributed by atoms with van der Waals surface area (Å²) in [7, 11) is 0. The third kappa shape index (κ3) is 4.58. The highest BCUT2D eigenvalue weighted by molar-refractivity contribution is 5.93.